The van der Waals surface area contributed by atoms with Crippen molar-refractivity contribution >= 4 is 48.9 Å². The Bertz CT molecular complexity index is 722. The molecule has 2 aromatic rings. The average molecular weight is 363 g/mol. The zero-order valence-electron chi connectivity index (χ0n) is 9.47. The maximum absolute atomic E-state index is 12.2. The monoisotopic (exact) mass is 361 g/mol. The molecule has 1 aromatic carbocycles. The fourth-order valence-electron chi connectivity index (χ4n) is 1.34. The first-order valence-electron chi connectivity index (χ1n) is 5.07. The van der Waals surface area contributed by atoms with Gasteiger partial charge in [-0.1, -0.05) is 11.6 Å². The molecule has 100 valence electrons. The molecule has 2 rings (SSSR count). The summed E-state index contributed by atoms with van der Waals surface area (Å²) in [6.45, 7) is 0. The predicted octanol–water partition coefficient (Wildman–Crippen LogP) is 2.88. The lowest BCUT2D eigenvalue weighted by Crippen LogP contribution is -2.13. The lowest BCUT2D eigenvalue weighted by atomic mass is 10.3. The van der Waals surface area contributed by atoms with Crippen molar-refractivity contribution in [1.82, 2.24) is 4.98 Å². The Kier molecular flexibility index (Phi) is 3.98. The molecular formula is C11H9BrClN3O2S. The second-order valence-electron chi connectivity index (χ2n) is 3.64. The van der Waals surface area contributed by atoms with E-state index in [1.807, 2.05) is 0 Å². The summed E-state index contributed by atoms with van der Waals surface area (Å²) < 4.78 is 27.3. The molecule has 0 bridgehead atoms. The number of halogens is 2. The molecule has 8 heteroatoms. The van der Waals surface area contributed by atoms with Crippen LogP contribution in [0, 0.1) is 0 Å². The largest absolute Gasteiger partial charge is 0.398 e. The maximum atomic E-state index is 12.2. The van der Waals surface area contributed by atoms with Crippen molar-refractivity contribution in [3.8, 4) is 0 Å². The molecular weight excluding hydrogens is 354 g/mol. The summed E-state index contributed by atoms with van der Waals surface area (Å²) in [6, 6.07) is 5.67. The third-order valence-corrected chi connectivity index (χ3v) is 4.62. The van der Waals surface area contributed by atoms with E-state index in [2.05, 4.69) is 25.6 Å². The highest BCUT2D eigenvalue weighted by Crippen LogP contribution is 2.26. The lowest BCUT2D eigenvalue weighted by molar-refractivity contribution is 0.601. The maximum Gasteiger partial charge on any atom is 0.261 e. The molecule has 19 heavy (non-hydrogen) atoms. The lowest BCUT2D eigenvalue weighted by Gasteiger charge is -2.10. The summed E-state index contributed by atoms with van der Waals surface area (Å²) in [5, 5.41) is 0.191. The number of benzene rings is 1. The van der Waals surface area contributed by atoms with Gasteiger partial charge in [0.1, 0.15) is 0 Å². The van der Waals surface area contributed by atoms with Crippen LogP contribution in [0.5, 0.6) is 0 Å². The van der Waals surface area contributed by atoms with E-state index < -0.39 is 10.0 Å². The number of pyridine rings is 1. The van der Waals surface area contributed by atoms with Gasteiger partial charge in [-0.3, -0.25) is 9.71 Å². The number of nitrogens with zero attached hydrogens (tertiary/aromatic N) is 1. The van der Waals surface area contributed by atoms with Crippen LogP contribution < -0.4 is 10.5 Å². The number of aromatic nitrogens is 1. The minimum absolute atomic E-state index is 0.0374. The van der Waals surface area contributed by atoms with Crippen LogP contribution in [0.4, 0.5) is 11.4 Å². The smallest absolute Gasteiger partial charge is 0.261 e. The van der Waals surface area contributed by atoms with Crippen LogP contribution in [0.2, 0.25) is 5.02 Å². The number of nitrogen functional groups attached to an aromatic ring is 1. The summed E-state index contributed by atoms with van der Waals surface area (Å²) in [4.78, 5) is 3.89. The van der Waals surface area contributed by atoms with Crippen molar-refractivity contribution in [2.24, 2.45) is 0 Å². The summed E-state index contributed by atoms with van der Waals surface area (Å²) >= 11 is 9.03. The second kappa shape index (κ2) is 5.36. The first-order valence-corrected chi connectivity index (χ1v) is 7.73. The Labute approximate surface area is 124 Å². The molecule has 0 fully saturated rings. The van der Waals surface area contributed by atoms with Crippen LogP contribution in [-0.2, 0) is 10.0 Å². The number of hydrogen-bond acceptors (Lipinski definition) is 4. The first kappa shape index (κ1) is 14.1. The molecule has 0 saturated heterocycles. The van der Waals surface area contributed by atoms with Gasteiger partial charge in [-0.2, -0.15) is 0 Å². The standard InChI is InChI=1S/C11H9BrClN3O2S/c12-8-6-15-4-3-11(8)16-19(17,18)7-1-2-10(14)9(13)5-7/h1-6H,14H2,(H,15,16). The molecule has 0 unspecified atom stereocenters. The zero-order valence-corrected chi connectivity index (χ0v) is 12.6. The first-order chi connectivity index (χ1) is 8.90. The van der Waals surface area contributed by atoms with E-state index in [1.54, 1.807) is 6.07 Å². The highest BCUT2D eigenvalue weighted by Gasteiger charge is 2.16. The van der Waals surface area contributed by atoms with Crippen LogP contribution in [0.25, 0.3) is 0 Å². The van der Waals surface area contributed by atoms with Crippen molar-refractivity contribution < 1.29 is 8.42 Å². The van der Waals surface area contributed by atoms with Crippen LogP contribution in [0.1, 0.15) is 0 Å². The Morgan fingerprint density at radius 1 is 1.32 bits per heavy atom. The molecule has 0 radical (unpaired) electrons. The average Bonchev–Trinajstić information content (AvgIpc) is 2.35. The van der Waals surface area contributed by atoms with Crippen molar-refractivity contribution in [1.29, 1.82) is 0 Å². The fraction of sp³-hybridized carbons (Fsp3) is 0. The number of sulfonamides is 1. The molecule has 1 heterocycles. The quantitative estimate of drug-likeness (QED) is 0.822. The Morgan fingerprint density at radius 3 is 2.68 bits per heavy atom. The molecule has 5 nitrogen and oxygen atoms in total. The van der Waals surface area contributed by atoms with Gasteiger partial charge < -0.3 is 5.73 Å². The topological polar surface area (TPSA) is 85.1 Å². The minimum Gasteiger partial charge on any atom is -0.398 e. The molecule has 3 N–H and O–H groups in total. The number of nitrogens with two attached hydrogens (primary N) is 1. The van der Waals surface area contributed by atoms with E-state index in [-0.39, 0.29) is 9.92 Å². The van der Waals surface area contributed by atoms with Crippen molar-refractivity contribution in [2.75, 3.05) is 10.5 Å². The summed E-state index contributed by atoms with van der Waals surface area (Å²) in [7, 11) is -3.72. The summed E-state index contributed by atoms with van der Waals surface area (Å²) in [5.74, 6) is 0. The van der Waals surface area contributed by atoms with Crippen LogP contribution in [0.3, 0.4) is 0 Å². The number of hydrogen-bond donors (Lipinski definition) is 2. The molecule has 0 spiro atoms. The Hall–Kier alpha value is -1.31. The normalized spacial score (nSPS) is 11.3. The summed E-state index contributed by atoms with van der Waals surface area (Å²) in [6.07, 6.45) is 2.98. The Morgan fingerprint density at radius 2 is 2.05 bits per heavy atom. The highest BCUT2D eigenvalue weighted by molar-refractivity contribution is 9.10. The third kappa shape index (κ3) is 3.17. The number of rotatable bonds is 3. The van der Waals surface area contributed by atoms with Crippen LogP contribution >= 0.6 is 27.5 Å². The number of nitrogens with one attached hydrogen (secondary N) is 1. The van der Waals surface area contributed by atoms with E-state index in [1.165, 1.54) is 30.6 Å². The molecule has 0 aliphatic rings. The van der Waals surface area contributed by atoms with Crippen molar-refractivity contribution in [3.05, 3.63) is 46.2 Å². The van der Waals surface area contributed by atoms with E-state index in [0.29, 0.717) is 15.8 Å². The van der Waals surface area contributed by atoms with Gasteiger partial charge in [-0.25, -0.2) is 8.42 Å². The molecule has 0 aliphatic heterocycles. The van der Waals surface area contributed by atoms with Gasteiger partial charge in [-0.15, -0.1) is 0 Å². The molecule has 0 amide bonds. The van der Waals surface area contributed by atoms with Crippen LogP contribution in [0.15, 0.2) is 46.0 Å². The second-order valence-corrected chi connectivity index (χ2v) is 6.59. The van der Waals surface area contributed by atoms with E-state index >= 15 is 0 Å². The molecule has 1 aromatic heterocycles. The predicted molar refractivity (Wildman–Crippen MR) is 78.6 cm³/mol. The molecule has 0 saturated carbocycles. The van der Waals surface area contributed by atoms with Gasteiger partial charge in [0, 0.05) is 12.4 Å². The van der Waals surface area contributed by atoms with Crippen molar-refractivity contribution in [2.45, 2.75) is 4.90 Å². The van der Waals surface area contributed by atoms with Gasteiger partial charge in [0.15, 0.2) is 0 Å². The van der Waals surface area contributed by atoms with E-state index in [4.69, 9.17) is 17.3 Å². The van der Waals surface area contributed by atoms with E-state index in [9.17, 15) is 8.42 Å². The van der Waals surface area contributed by atoms with Gasteiger partial charge in [0.25, 0.3) is 10.0 Å². The fourth-order valence-corrected chi connectivity index (χ4v) is 3.17. The van der Waals surface area contributed by atoms with Gasteiger partial charge in [-0.05, 0) is 40.2 Å². The SMILES string of the molecule is Nc1ccc(S(=O)(=O)Nc2ccncc2Br)cc1Cl. The highest BCUT2D eigenvalue weighted by atomic mass is 79.9. The minimum atomic E-state index is -3.72. The summed E-state index contributed by atoms with van der Waals surface area (Å²) in [5.41, 5.74) is 6.26. The Balaban J connectivity index is 2.38. The van der Waals surface area contributed by atoms with Gasteiger partial charge in [0.05, 0.1) is 25.8 Å². The van der Waals surface area contributed by atoms with E-state index in [0.717, 1.165) is 0 Å². The van der Waals surface area contributed by atoms with Crippen LogP contribution in [-0.4, -0.2) is 13.4 Å². The third-order valence-electron chi connectivity index (χ3n) is 2.30. The zero-order chi connectivity index (χ0) is 14.0. The van der Waals surface area contributed by atoms with Crippen molar-refractivity contribution in [3.63, 3.8) is 0 Å². The molecule has 0 aliphatic carbocycles. The molecule has 0 atom stereocenters. The van der Waals surface area contributed by atoms with Gasteiger partial charge in [0.2, 0.25) is 0 Å². The van der Waals surface area contributed by atoms with Gasteiger partial charge >= 0.3 is 0 Å². The number of anilines is 2.